The molecule has 0 fully saturated rings. The fraction of sp³-hybridized carbons (Fsp3) is 0.417. The average Bonchev–Trinajstić information content (AvgIpc) is 2.42. The number of rotatable bonds is 8. The van der Waals surface area contributed by atoms with Gasteiger partial charge in [0, 0.05) is 17.3 Å². The van der Waals surface area contributed by atoms with Crippen molar-refractivity contribution in [2.75, 3.05) is 17.8 Å². The Morgan fingerprint density at radius 1 is 1.42 bits per heavy atom. The largest absolute Gasteiger partial charge is 0.480 e. The van der Waals surface area contributed by atoms with Crippen molar-refractivity contribution in [1.29, 1.82) is 0 Å². The number of hydrogen-bond donors (Lipinski definition) is 2. The average molecular weight is 300 g/mol. The molecule has 0 radical (unpaired) electrons. The summed E-state index contributed by atoms with van der Waals surface area (Å²) in [5.41, 5.74) is 0. The number of thioether (sulfide) groups is 2. The summed E-state index contributed by atoms with van der Waals surface area (Å²) in [4.78, 5) is 27.5. The number of nitrogens with one attached hydrogen (secondary N) is 1. The summed E-state index contributed by atoms with van der Waals surface area (Å²) < 4.78 is 0. The number of pyridine rings is 1. The molecule has 0 unspecified atom stereocenters. The van der Waals surface area contributed by atoms with E-state index in [1.165, 1.54) is 11.8 Å². The third-order valence-corrected chi connectivity index (χ3v) is 3.92. The number of aliphatic carboxylic acids is 1. The molecule has 0 bridgehead atoms. The number of carbonyl (C=O) groups excluding carboxylic acids is 1. The van der Waals surface area contributed by atoms with Crippen LogP contribution >= 0.6 is 23.5 Å². The summed E-state index contributed by atoms with van der Waals surface area (Å²) in [6, 6.07) is 2.80. The number of nitrogens with zero attached hydrogens (tertiary/aromatic N) is 1. The lowest BCUT2D eigenvalue weighted by atomic mass is 10.2. The normalized spacial score (nSPS) is 11.8. The molecule has 19 heavy (non-hydrogen) atoms. The maximum atomic E-state index is 11.7. The summed E-state index contributed by atoms with van der Waals surface area (Å²) in [6.07, 6.45) is 5.64. The van der Waals surface area contributed by atoms with Crippen LogP contribution in [0.5, 0.6) is 0 Å². The van der Waals surface area contributed by atoms with Crippen LogP contribution in [0.2, 0.25) is 0 Å². The van der Waals surface area contributed by atoms with Gasteiger partial charge < -0.3 is 10.4 Å². The second kappa shape index (κ2) is 8.82. The van der Waals surface area contributed by atoms with Gasteiger partial charge in [0.05, 0.1) is 5.75 Å². The van der Waals surface area contributed by atoms with E-state index in [2.05, 4.69) is 10.3 Å². The van der Waals surface area contributed by atoms with E-state index in [1.54, 1.807) is 36.3 Å². The van der Waals surface area contributed by atoms with Crippen LogP contribution in [0.3, 0.4) is 0 Å². The van der Waals surface area contributed by atoms with Gasteiger partial charge in [-0.2, -0.15) is 11.8 Å². The zero-order chi connectivity index (χ0) is 14.1. The van der Waals surface area contributed by atoms with Crippen LogP contribution in [-0.2, 0) is 9.59 Å². The van der Waals surface area contributed by atoms with Crippen molar-refractivity contribution >= 4 is 35.4 Å². The molecule has 0 aliphatic carbocycles. The van der Waals surface area contributed by atoms with Crippen molar-refractivity contribution in [3.05, 3.63) is 24.5 Å². The minimum absolute atomic E-state index is 0.201. The molecule has 7 heteroatoms. The highest BCUT2D eigenvalue weighted by Crippen LogP contribution is 2.15. The molecular weight excluding hydrogens is 284 g/mol. The lowest BCUT2D eigenvalue weighted by molar-refractivity contribution is -0.141. The van der Waals surface area contributed by atoms with Crippen molar-refractivity contribution in [3.8, 4) is 0 Å². The molecule has 1 aromatic rings. The molecule has 0 saturated heterocycles. The molecule has 1 heterocycles. The summed E-state index contributed by atoms with van der Waals surface area (Å²) in [7, 11) is 0. The summed E-state index contributed by atoms with van der Waals surface area (Å²) in [5, 5.41) is 11.5. The molecule has 1 rings (SSSR count). The van der Waals surface area contributed by atoms with E-state index in [0.717, 1.165) is 4.90 Å². The van der Waals surface area contributed by atoms with E-state index in [0.29, 0.717) is 12.2 Å². The molecule has 0 aromatic carbocycles. The fourth-order valence-electron chi connectivity index (χ4n) is 1.31. The van der Waals surface area contributed by atoms with Crippen LogP contribution in [0.1, 0.15) is 6.42 Å². The number of carboxylic acid groups (broad SMARTS) is 1. The lowest BCUT2D eigenvalue weighted by Crippen LogP contribution is -2.42. The SMILES string of the molecule is CSCC[C@@H](NC(=O)CSc1ccncc1)C(=O)O. The highest BCUT2D eigenvalue weighted by Gasteiger charge is 2.19. The first-order valence-electron chi connectivity index (χ1n) is 5.67. The van der Waals surface area contributed by atoms with Gasteiger partial charge in [0.25, 0.3) is 0 Å². The molecule has 5 nitrogen and oxygen atoms in total. The van der Waals surface area contributed by atoms with Crippen molar-refractivity contribution in [2.24, 2.45) is 0 Å². The van der Waals surface area contributed by atoms with Crippen LogP contribution in [-0.4, -0.2) is 45.8 Å². The number of aromatic nitrogens is 1. The Morgan fingerprint density at radius 3 is 2.68 bits per heavy atom. The minimum Gasteiger partial charge on any atom is -0.480 e. The van der Waals surface area contributed by atoms with Gasteiger partial charge in [0.1, 0.15) is 6.04 Å². The quantitative estimate of drug-likeness (QED) is 0.708. The van der Waals surface area contributed by atoms with Gasteiger partial charge in [-0.05, 0) is 30.6 Å². The highest BCUT2D eigenvalue weighted by molar-refractivity contribution is 8.00. The summed E-state index contributed by atoms with van der Waals surface area (Å²) in [5.74, 6) is -0.353. The minimum atomic E-state index is -0.990. The first-order valence-corrected chi connectivity index (χ1v) is 8.05. The molecule has 1 amide bonds. The van der Waals surface area contributed by atoms with Crippen molar-refractivity contribution < 1.29 is 14.7 Å². The van der Waals surface area contributed by atoms with Crippen LogP contribution in [0, 0.1) is 0 Å². The smallest absolute Gasteiger partial charge is 0.326 e. The Hall–Kier alpha value is -1.21. The van der Waals surface area contributed by atoms with Crippen molar-refractivity contribution in [2.45, 2.75) is 17.4 Å². The van der Waals surface area contributed by atoms with Crippen molar-refractivity contribution in [1.82, 2.24) is 10.3 Å². The molecular formula is C12H16N2O3S2. The third-order valence-electron chi connectivity index (χ3n) is 2.26. The van der Waals surface area contributed by atoms with E-state index in [-0.39, 0.29) is 11.7 Å². The second-order valence-electron chi connectivity index (χ2n) is 3.71. The number of amides is 1. The lowest BCUT2D eigenvalue weighted by Gasteiger charge is -2.13. The Kier molecular flexibility index (Phi) is 7.35. The highest BCUT2D eigenvalue weighted by atomic mass is 32.2. The maximum absolute atomic E-state index is 11.7. The molecule has 0 aliphatic rings. The predicted molar refractivity (Wildman–Crippen MR) is 77.5 cm³/mol. The van der Waals surface area contributed by atoms with Crippen molar-refractivity contribution in [3.63, 3.8) is 0 Å². The summed E-state index contributed by atoms with van der Waals surface area (Å²) in [6.45, 7) is 0. The Balaban J connectivity index is 2.38. The monoisotopic (exact) mass is 300 g/mol. The van der Waals surface area contributed by atoms with Gasteiger partial charge in [0.15, 0.2) is 0 Å². The molecule has 0 saturated carbocycles. The topological polar surface area (TPSA) is 79.3 Å². The van der Waals surface area contributed by atoms with E-state index < -0.39 is 12.0 Å². The van der Waals surface area contributed by atoms with Crippen LogP contribution < -0.4 is 5.32 Å². The van der Waals surface area contributed by atoms with Gasteiger partial charge in [-0.25, -0.2) is 4.79 Å². The molecule has 104 valence electrons. The molecule has 2 N–H and O–H groups in total. The van der Waals surface area contributed by atoms with Gasteiger partial charge in [0.2, 0.25) is 5.91 Å². The van der Waals surface area contributed by atoms with Gasteiger partial charge in [-0.1, -0.05) is 0 Å². The second-order valence-corrected chi connectivity index (χ2v) is 5.75. The molecule has 0 spiro atoms. The number of carboxylic acids is 1. The number of hydrogen-bond acceptors (Lipinski definition) is 5. The first-order chi connectivity index (χ1) is 9.13. The number of carbonyl (C=O) groups is 2. The van der Waals surface area contributed by atoms with Crippen LogP contribution in [0.4, 0.5) is 0 Å². The van der Waals surface area contributed by atoms with Gasteiger partial charge >= 0.3 is 5.97 Å². The van der Waals surface area contributed by atoms with E-state index in [1.807, 2.05) is 6.26 Å². The Bertz CT molecular complexity index is 415. The predicted octanol–water partition coefficient (Wildman–Crippen LogP) is 1.50. The van der Waals surface area contributed by atoms with Crippen LogP contribution in [0.15, 0.2) is 29.4 Å². The zero-order valence-corrected chi connectivity index (χ0v) is 12.2. The van der Waals surface area contributed by atoms with E-state index >= 15 is 0 Å². The summed E-state index contributed by atoms with van der Waals surface area (Å²) >= 11 is 2.91. The molecule has 1 aromatic heterocycles. The molecule has 0 aliphatic heterocycles. The Labute approximate surface area is 120 Å². The van der Waals surface area contributed by atoms with Gasteiger partial charge in [-0.3, -0.25) is 9.78 Å². The maximum Gasteiger partial charge on any atom is 0.326 e. The fourth-order valence-corrected chi connectivity index (χ4v) is 2.48. The van der Waals surface area contributed by atoms with Crippen LogP contribution in [0.25, 0.3) is 0 Å². The molecule has 1 atom stereocenters. The van der Waals surface area contributed by atoms with Gasteiger partial charge in [-0.15, -0.1) is 11.8 Å². The first kappa shape index (κ1) is 15.8. The standard InChI is InChI=1S/C12H16N2O3S2/c1-18-7-4-10(12(16)17)14-11(15)8-19-9-2-5-13-6-3-9/h2-3,5-6,10H,4,7-8H2,1H3,(H,14,15)(H,16,17)/t10-/m1/s1. The van der Waals surface area contributed by atoms with E-state index in [4.69, 9.17) is 5.11 Å². The Morgan fingerprint density at radius 2 is 2.11 bits per heavy atom. The third kappa shape index (κ3) is 6.49. The van der Waals surface area contributed by atoms with E-state index in [9.17, 15) is 9.59 Å². The zero-order valence-electron chi connectivity index (χ0n) is 10.5.